The highest BCUT2D eigenvalue weighted by Crippen LogP contribution is 2.17. The fourth-order valence-corrected chi connectivity index (χ4v) is 1.40. The van der Waals surface area contributed by atoms with Crippen LogP contribution in [0, 0.1) is 11.3 Å². The Labute approximate surface area is 87.8 Å². The van der Waals surface area contributed by atoms with Gasteiger partial charge in [0.1, 0.15) is 11.8 Å². The number of rotatable bonds is 2. The largest absolute Gasteiger partial charge is 0.264 e. The zero-order valence-corrected chi connectivity index (χ0v) is 8.38. The van der Waals surface area contributed by atoms with Gasteiger partial charge in [0.15, 0.2) is 0 Å². The molecule has 0 atom stereocenters. The second kappa shape index (κ2) is 3.93. The Bertz CT molecular complexity index is 493. The van der Waals surface area contributed by atoms with Crippen LogP contribution in [-0.2, 0) is 6.54 Å². The van der Waals surface area contributed by atoms with Gasteiger partial charge in [0.2, 0.25) is 0 Å². The second-order valence-electron chi connectivity index (χ2n) is 3.08. The first-order chi connectivity index (χ1) is 7.35. The summed E-state index contributed by atoms with van der Waals surface area (Å²) in [4.78, 5) is 4.02. The Hall–Kier alpha value is -2.15. The average molecular weight is 198 g/mol. The summed E-state index contributed by atoms with van der Waals surface area (Å²) in [5.74, 6) is 0. The molecule has 0 bridgehead atoms. The molecule has 0 saturated carbocycles. The molecule has 15 heavy (non-hydrogen) atoms. The van der Waals surface area contributed by atoms with Gasteiger partial charge in [-0.05, 0) is 19.1 Å². The number of hydrogen-bond donors (Lipinski definition) is 0. The number of pyridine rings is 1. The van der Waals surface area contributed by atoms with Crippen LogP contribution >= 0.6 is 0 Å². The predicted octanol–water partition coefficient (Wildman–Crippen LogP) is 1.84. The molecule has 74 valence electrons. The van der Waals surface area contributed by atoms with Crippen molar-refractivity contribution in [2.45, 2.75) is 13.5 Å². The molecule has 2 aromatic heterocycles. The molecule has 0 radical (unpaired) electrons. The standard InChI is InChI=1S/C11H10N4/c1-2-15-10(7-12)6-11(14-15)9-4-3-5-13-8-9/h3-6,8H,2H2,1H3. The first-order valence-electron chi connectivity index (χ1n) is 4.73. The molecule has 0 aliphatic heterocycles. The maximum Gasteiger partial charge on any atom is 0.139 e. The van der Waals surface area contributed by atoms with Gasteiger partial charge in [-0.15, -0.1) is 0 Å². The van der Waals surface area contributed by atoms with Gasteiger partial charge < -0.3 is 0 Å². The van der Waals surface area contributed by atoms with E-state index >= 15 is 0 Å². The van der Waals surface area contributed by atoms with Crippen molar-refractivity contribution in [3.63, 3.8) is 0 Å². The monoisotopic (exact) mass is 198 g/mol. The normalized spacial score (nSPS) is 9.87. The molecule has 0 saturated heterocycles. The van der Waals surface area contributed by atoms with Crippen molar-refractivity contribution in [3.05, 3.63) is 36.3 Å². The minimum absolute atomic E-state index is 0.580. The van der Waals surface area contributed by atoms with Crippen LogP contribution in [-0.4, -0.2) is 14.8 Å². The van der Waals surface area contributed by atoms with Gasteiger partial charge in [0.05, 0.1) is 5.69 Å². The lowest BCUT2D eigenvalue weighted by Gasteiger charge is -1.95. The second-order valence-corrected chi connectivity index (χ2v) is 3.08. The minimum atomic E-state index is 0.580. The van der Waals surface area contributed by atoms with Crippen molar-refractivity contribution in [1.82, 2.24) is 14.8 Å². The number of aromatic nitrogens is 3. The summed E-state index contributed by atoms with van der Waals surface area (Å²) < 4.78 is 1.68. The summed E-state index contributed by atoms with van der Waals surface area (Å²) in [5.41, 5.74) is 2.30. The Morgan fingerprint density at radius 2 is 2.40 bits per heavy atom. The molecule has 2 rings (SSSR count). The maximum atomic E-state index is 8.88. The van der Waals surface area contributed by atoms with Gasteiger partial charge in [-0.25, -0.2) is 0 Å². The fraction of sp³-hybridized carbons (Fsp3) is 0.182. The van der Waals surface area contributed by atoms with Crippen LogP contribution in [0.5, 0.6) is 0 Å². The summed E-state index contributed by atoms with van der Waals surface area (Å²) in [6, 6.07) is 7.68. The van der Waals surface area contributed by atoms with Crippen LogP contribution < -0.4 is 0 Å². The number of nitrogens with zero attached hydrogens (tertiary/aromatic N) is 4. The Kier molecular flexibility index (Phi) is 2.46. The highest BCUT2D eigenvalue weighted by atomic mass is 15.3. The van der Waals surface area contributed by atoms with Crippen LogP contribution in [0.1, 0.15) is 12.6 Å². The van der Waals surface area contributed by atoms with E-state index in [0.29, 0.717) is 12.2 Å². The number of aryl methyl sites for hydroxylation is 1. The smallest absolute Gasteiger partial charge is 0.139 e. The molecule has 0 aliphatic carbocycles. The summed E-state index contributed by atoms with van der Waals surface area (Å²) >= 11 is 0. The average Bonchev–Trinajstić information content (AvgIpc) is 2.73. The van der Waals surface area contributed by atoms with Gasteiger partial charge in [0.25, 0.3) is 0 Å². The van der Waals surface area contributed by atoms with Crippen LogP contribution in [0.15, 0.2) is 30.6 Å². The molecule has 0 spiro atoms. The van der Waals surface area contributed by atoms with Crippen molar-refractivity contribution in [3.8, 4) is 17.3 Å². The Balaban J connectivity index is 2.48. The van der Waals surface area contributed by atoms with Crippen LogP contribution in [0.25, 0.3) is 11.3 Å². The van der Waals surface area contributed by atoms with E-state index in [9.17, 15) is 0 Å². The van der Waals surface area contributed by atoms with Gasteiger partial charge in [-0.2, -0.15) is 10.4 Å². The summed E-state index contributed by atoms with van der Waals surface area (Å²) in [6.45, 7) is 2.66. The molecule has 2 aromatic rings. The van der Waals surface area contributed by atoms with Crippen molar-refractivity contribution in [2.24, 2.45) is 0 Å². The summed E-state index contributed by atoms with van der Waals surface area (Å²) in [6.07, 6.45) is 3.45. The lowest BCUT2D eigenvalue weighted by molar-refractivity contribution is 0.653. The molecule has 4 heteroatoms. The van der Waals surface area contributed by atoms with Gasteiger partial charge >= 0.3 is 0 Å². The van der Waals surface area contributed by atoms with Crippen molar-refractivity contribution in [1.29, 1.82) is 5.26 Å². The highest BCUT2D eigenvalue weighted by molar-refractivity contribution is 5.58. The SMILES string of the molecule is CCn1nc(-c2cccnc2)cc1C#N. The molecule has 0 unspecified atom stereocenters. The van der Waals surface area contributed by atoms with E-state index in [0.717, 1.165) is 11.3 Å². The Morgan fingerprint density at radius 3 is 2.93 bits per heavy atom. The molecular weight excluding hydrogens is 188 g/mol. The van der Waals surface area contributed by atoms with Crippen LogP contribution in [0.2, 0.25) is 0 Å². The molecule has 4 nitrogen and oxygen atoms in total. The third-order valence-corrected chi connectivity index (χ3v) is 2.15. The summed E-state index contributed by atoms with van der Waals surface area (Å²) in [5, 5.41) is 13.2. The molecular formula is C11H10N4. The van der Waals surface area contributed by atoms with E-state index in [1.165, 1.54) is 0 Å². The van der Waals surface area contributed by atoms with Crippen LogP contribution in [0.4, 0.5) is 0 Å². The molecule has 2 heterocycles. The predicted molar refractivity (Wildman–Crippen MR) is 55.8 cm³/mol. The third-order valence-electron chi connectivity index (χ3n) is 2.15. The van der Waals surface area contributed by atoms with Crippen molar-refractivity contribution < 1.29 is 0 Å². The van der Waals surface area contributed by atoms with Gasteiger partial charge in [0, 0.05) is 30.6 Å². The quantitative estimate of drug-likeness (QED) is 0.739. The van der Waals surface area contributed by atoms with Gasteiger partial charge in [-0.3, -0.25) is 9.67 Å². The first kappa shape index (κ1) is 9.41. The fourth-order valence-electron chi connectivity index (χ4n) is 1.40. The first-order valence-corrected chi connectivity index (χ1v) is 4.73. The minimum Gasteiger partial charge on any atom is -0.264 e. The third kappa shape index (κ3) is 1.72. The van der Waals surface area contributed by atoms with E-state index < -0.39 is 0 Å². The topological polar surface area (TPSA) is 54.5 Å². The zero-order valence-electron chi connectivity index (χ0n) is 8.38. The zero-order chi connectivity index (χ0) is 10.7. The number of hydrogen-bond acceptors (Lipinski definition) is 3. The molecule has 0 N–H and O–H groups in total. The maximum absolute atomic E-state index is 8.88. The summed E-state index contributed by atoms with van der Waals surface area (Å²) in [7, 11) is 0. The lowest BCUT2D eigenvalue weighted by atomic mass is 10.2. The Morgan fingerprint density at radius 1 is 1.53 bits per heavy atom. The van der Waals surface area contributed by atoms with E-state index in [4.69, 9.17) is 5.26 Å². The molecule has 0 aromatic carbocycles. The van der Waals surface area contributed by atoms with Gasteiger partial charge in [-0.1, -0.05) is 0 Å². The van der Waals surface area contributed by atoms with Crippen molar-refractivity contribution >= 4 is 0 Å². The van der Waals surface area contributed by atoms with Crippen molar-refractivity contribution in [2.75, 3.05) is 0 Å². The molecule has 0 aliphatic rings. The van der Waals surface area contributed by atoms with E-state index in [1.54, 1.807) is 23.1 Å². The van der Waals surface area contributed by atoms with Crippen LogP contribution in [0.3, 0.4) is 0 Å². The number of nitriles is 1. The van der Waals surface area contributed by atoms with E-state index in [1.807, 2.05) is 19.1 Å². The van der Waals surface area contributed by atoms with E-state index in [-0.39, 0.29) is 0 Å². The van der Waals surface area contributed by atoms with E-state index in [2.05, 4.69) is 16.2 Å². The molecule has 0 amide bonds. The lowest BCUT2D eigenvalue weighted by Crippen LogP contribution is -1.99. The highest BCUT2D eigenvalue weighted by Gasteiger charge is 2.07. The molecule has 0 fully saturated rings.